The van der Waals surface area contributed by atoms with Crippen LogP contribution in [0.1, 0.15) is 24.1 Å². The first-order valence-electron chi connectivity index (χ1n) is 6.54. The summed E-state index contributed by atoms with van der Waals surface area (Å²) in [5.41, 5.74) is 7.38. The first-order valence-corrected chi connectivity index (χ1v) is 6.54. The third kappa shape index (κ3) is 1.46. The molecule has 0 radical (unpaired) electrons. The van der Waals surface area contributed by atoms with E-state index in [-0.39, 0.29) is 6.04 Å². The van der Waals surface area contributed by atoms with E-state index in [1.165, 1.54) is 22.3 Å². The van der Waals surface area contributed by atoms with Gasteiger partial charge in [0.1, 0.15) is 0 Å². The van der Waals surface area contributed by atoms with Crippen molar-refractivity contribution in [1.82, 2.24) is 5.32 Å². The molecule has 1 aliphatic heterocycles. The highest BCUT2D eigenvalue weighted by Crippen LogP contribution is 2.39. The largest absolute Gasteiger partial charge is 0.375 e. The van der Waals surface area contributed by atoms with Gasteiger partial charge in [0.15, 0.2) is 0 Å². The number of hydrogen-bond donors (Lipinski definition) is 1. The average Bonchev–Trinajstić information content (AvgIpc) is 2.47. The zero-order chi connectivity index (χ0) is 12.8. The molecule has 92 valence electrons. The van der Waals surface area contributed by atoms with Crippen molar-refractivity contribution in [3.05, 3.63) is 71.6 Å². The maximum atomic E-state index is 4.66. The molecule has 0 fully saturated rings. The molecule has 1 heterocycles. The number of hydrogen-bond acceptors (Lipinski definition) is 2. The van der Waals surface area contributed by atoms with Gasteiger partial charge in [-0.15, -0.1) is 0 Å². The van der Waals surface area contributed by atoms with Crippen molar-refractivity contribution in [3.63, 3.8) is 0 Å². The fraction of sp³-hybridized carbons (Fsp3) is 0.118. The lowest BCUT2D eigenvalue weighted by molar-refractivity contribution is 0.729. The van der Waals surface area contributed by atoms with Crippen molar-refractivity contribution < 1.29 is 0 Å². The van der Waals surface area contributed by atoms with Crippen LogP contribution in [0.3, 0.4) is 0 Å². The summed E-state index contributed by atoms with van der Waals surface area (Å²) < 4.78 is 0. The van der Waals surface area contributed by atoms with Gasteiger partial charge >= 0.3 is 0 Å². The monoisotopic (exact) mass is 246 g/mol. The van der Waals surface area contributed by atoms with Crippen LogP contribution in [-0.2, 0) is 0 Å². The van der Waals surface area contributed by atoms with Crippen LogP contribution in [-0.4, -0.2) is 5.71 Å². The number of allylic oxidation sites excluding steroid dienone is 1. The third-order valence-electron chi connectivity index (χ3n) is 3.81. The van der Waals surface area contributed by atoms with E-state index in [0.717, 1.165) is 11.4 Å². The molecule has 0 amide bonds. The maximum absolute atomic E-state index is 4.66. The van der Waals surface area contributed by atoms with Gasteiger partial charge in [0.25, 0.3) is 0 Å². The van der Waals surface area contributed by atoms with Crippen LogP contribution < -0.4 is 5.32 Å². The van der Waals surface area contributed by atoms with Crippen LogP contribution in [0, 0.1) is 0 Å². The molecule has 0 spiro atoms. The molecule has 19 heavy (non-hydrogen) atoms. The molecule has 1 aliphatic carbocycles. The van der Waals surface area contributed by atoms with Gasteiger partial charge in [0, 0.05) is 17.5 Å². The average molecular weight is 246 g/mol. The molecular formula is C17H14N2. The van der Waals surface area contributed by atoms with E-state index in [2.05, 4.69) is 65.8 Å². The fourth-order valence-corrected chi connectivity index (χ4v) is 2.96. The van der Waals surface area contributed by atoms with Crippen molar-refractivity contribution in [2.45, 2.75) is 13.0 Å². The molecule has 2 aromatic rings. The van der Waals surface area contributed by atoms with Gasteiger partial charge in [-0.25, -0.2) is 0 Å². The molecule has 4 rings (SSSR count). The molecule has 0 saturated heterocycles. The molecule has 1 unspecified atom stereocenters. The number of rotatable bonds is 0. The molecule has 2 aromatic carbocycles. The van der Waals surface area contributed by atoms with Gasteiger partial charge in [0.05, 0.1) is 11.8 Å². The zero-order valence-electron chi connectivity index (χ0n) is 10.7. The molecule has 1 N–H and O–H groups in total. The molecule has 2 heteroatoms. The summed E-state index contributed by atoms with van der Waals surface area (Å²) in [5, 5.41) is 3.55. The van der Waals surface area contributed by atoms with Crippen molar-refractivity contribution in [1.29, 1.82) is 0 Å². The summed E-state index contributed by atoms with van der Waals surface area (Å²) in [7, 11) is 0. The van der Waals surface area contributed by atoms with Gasteiger partial charge in [-0.05, 0) is 23.6 Å². The van der Waals surface area contributed by atoms with E-state index in [9.17, 15) is 0 Å². The van der Waals surface area contributed by atoms with Crippen LogP contribution in [0.25, 0.3) is 11.1 Å². The van der Waals surface area contributed by atoms with Crippen LogP contribution in [0.5, 0.6) is 0 Å². The Bertz CT molecular complexity index is 726. The molecule has 2 nitrogen and oxygen atoms in total. The summed E-state index contributed by atoms with van der Waals surface area (Å²) in [4.78, 5) is 4.66. The first kappa shape index (κ1) is 10.6. The van der Waals surface area contributed by atoms with Crippen LogP contribution >= 0.6 is 0 Å². The van der Waals surface area contributed by atoms with E-state index in [1.54, 1.807) is 0 Å². The van der Waals surface area contributed by atoms with Crippen molar-refractivity contribution in [2.24, 2.45) is 4.99 Å². The topological polar surface area (TPSA) is 24.4 Å². The lowest BCUT2D eigenvalue weighted by Crippen LogP contribution is -2.33. The van der Waals surface area contributed by atoms with Crippen LogP contribution in [0.4, 0.5) is 0 Å². The van der Waals surface area contributed by atoms with Crippen molar-refractivity contribution in [3.8, 4) is 11.1 Å². The van der Waals surface area contributed by atoms with Gasteiger partial charge in [-0.1, -0.05) is 48.5 Å². The lowest BCUT2D eigenvalue weighted by atomic mass is 9.80. The van der Waals surface area contributed by atoms with E-state index in [1.807, 2.05) is 6.20 Å². The number of benzene rings is 2. The molecular weight excluding hydrogens is 232 g/mol. The van der Waals surface area contributed by atoms with E-state index >= 15 is 0 Å². The minimum absolute atomic E-state index is 0.177. The fourth-order valence-electron chi connectivity index (χ4n) is 2.96. The van der Waals surface area contributed by atoms with Gasteiger partial charge in [-0.3, -0.25) is 4.99 Å². The Kier molecular flexibility index (Phi) is 2.12. The summed E-state index contributed by atoms with van der Waals surface area (Å²) >= 11 is 0. The molecule has 0 aromatic heterocycles. The molecule has 1 atom stereocenters. The SMILES string of the molecule is CC1=CN=C2c3ccccc3-c3ccccc3C2N1. The standard InChI is InChI=1S/C17H14N2/c1-11-10-18-16-14-8-4-2-6-12(14)13-7-3-5-9-15(13)17(16)19-11/h2-10,17,19H,1H3. The lowest BCUT2D eigenvalue weighted by Gasteiger charge is -2.32. The maximum Gasteiger partial charge on any atom is 0.0950 e. The number of nitrogens with zero attached hydrogens (tertiary/aromatic N) is 1. The zero-order valence-corrected chi connectivity index (χ0v) is 10.7. The summed E-state index contributed by atoms with van der Waals surface area (Å²) in [5.74, 6) is 0. The Morgan fingerprint density at radius 2 is 1.58 bits per heavy atom. The van der Waals surface area contributed by atoms with Crippen LogP contribution in [0.2, 0.25) is 0 Å². The first-order chi connectivity index (χ1) is 9.34. The minimum atomic E-state index is 0.177. The summed E-state index contributed by atoms with van der Waals surface area (Å²) in [6.07, 6.45) is 1.91. The number of nitrogens with one attached hydrogen (secondary N) is 1. The quantitative estimate of drug-likeness (QED) is 0.753. The number of aliphatic imine (C=N–C) groups is 1. The number of fused-ring (bicyclic) bond motifs is 6. The van der Waals surface area contributed by atoms with E-state index in [0.29, 0.717) is 0 Å². The smallest absolute Gasteiger partial charge is 0.0950 e. The van der Waals surface area contributed by atoms with E-state index < -0.39 is 0 Å². The van der Waals surface area contributed by atoms with Crippen LogP contribution in [0.15, 0.2) is 65.4 Å². The Morgan fingerprint density at radius 3 is 2.42 bits per heavy atom. The predicted molar refractivity (Wildman–Crippen MR) is 78.0 cm³/mol. The minimum Gasteiger partial charge on any atom is -0.375 e. The predicted octanol–water partition coefficient (Wildman–Crippen LogP) is 3.66. The van der Waals surface area contributed by atoms with E-state index in [4.69, 9.17) is 0 Å². The highest BCUT2D eigenvalue weighted by Gasteiger charge is 2.30. The third-order valence-corrected chi connectivity index (χ3v) is 3.81. The summed E-state index contributed by atoms with van der Waals surface area (Å²) in [6.45, 7) is 2.06. The van der Waals surface area contributed by atoms with Gasteiger partial charge < -0.3 is 5.32 Å². The second-order valence-electron chi connectivity index (χ2n) is 5.04. The Hall–Kier alpha value is -2.35. The van der Waals surface area contributed by atoms with Crippen molar-refractivity contribution >= 4 is 5.71 Å². The summed E-state index contributed by atoms with van der Waals surface area (Å²) in [6, 6.07) is 17.3. The molecule has 2 aliphatic rings. The van der Waals surface area contributed by atoms with Crippen molar-refractivity contribution in [2.75, 3.05) is 0 Å². The Labute approximate surface area is 112 Å². The Balaban J connectivity index is 2.06. The highest BCUT2D eigenvalue weighted by molar-refractivity contribution is 6.13. The highest BCUT2D eigenvalue weighted by atomic mass is 15.0. The normalized spacial score (nSPS) is 19.3. The molecule has 0 saturated carbocycles. The molecule has 0 bridgehead atoms. The second kappa shape index (κ2) is 3.82. The Morgan fingerprint density at radius 1 is 0.895 bits per heavy atom. The van der Waals surface area contributed by atoms with Gasteiger partial charge in [-0.2, -0.15) is 0 Å². The van der Waals surface area contributed by atoms with Gasteiger partial charge in [0.2, 0.25) is 0 Å². The second-order valence-corrected chi connectivity index (χ2v) is 5.04.